The van der Waals surface area contributed by atoms with Gasteiger partial charge in [-0.1, -0.05) is 36.4 Å². The van der Waals surface area contributed by atoms with E-state index in [0.29, 0.717) is 17.7 Å². The summed E-state index contributed by atoms with van der Waals surface area (Å²) >= 11 is 0. The highest BCUT2D eigenvalue weighted by Gasteiger charge is 2.39. The van der Waals surface area contributed by atoms with E-state index < -0.39 is 47.0 Å². The fraction of sp³-hybridized carbons (Fsp3) is 0.222. The minimum atomic E-state index is -5.13. The number of halogens is 6. The molecule has 2 nitrogen and oxygen atoms in total. The average molecular weight is 374 g/mol. The smallest absolute Gasteiger partial charge is 0.294 e. The highest BCUT2D eigenvalue weighted by molar-refractivity contribution is 6.02. The van der Waals surface area contributed by atoms with E-state index in [9.17, 15) is 35.9 Å². The SMILES string of the molecule is O=C(CCC(=O)c1ccc(C(F)(F)F)cc1C(F)(F)F)c1ccccc1. The van der Waals surface area contributed by atoms with E-state index in [2.05, 4.69) is 0 Å². The Bertz CT molecular complexity index is 807. The molecule has 0 N–H and O–H groups in total. The number of Topliss-reactive ketones (excluding diaryl/α,β-unsaturated/α-hetero) is 2. The minimum absolute atomic E-state index is 0.0910. The molecule has 0 saturated heterocycles. The van der Waals surface area contributed by atoms with Crippen molar-refractivity contribution in [2.45, 2.75) is 25.2 Å². The Morgan fingerprint density at radius 2 is 1.31 bits per heavy atom. The maximum absolute atomic E-state index is 13.1. The van der Waals surface area contributed by atoms with Gasteiger partial charge < -0.3 is 0 Å². The molecule has 0 aliphatic carbocycles. The van der Waals surface area contributed by atoms with Crippen LogP contribution in [0, 0.1) is 0 Å². The van der Waals surface area contributed by atoms with Crippen molar-refractivity contribution >= 4 is 11.6 Å². The predicted molar refractivity (Wildman–Crippen MR) is 80.8 cm³/mol. The molecule has 26 heavy (non-hydrogen) atoms. The molecule has 2 aromatic carbocycles. The Labute approximate surface area is 144 Å². The summed E-state index contributed by atoms with van der Waals surface area (Å²) in [5.41, 5.74) is -3.75. The van der Waals surface area contributed by atoms with Gasteiger partial charge >= 0.3 is 12.4 Å². The Balaban J connectivity index is 2.24. The van der Waals surface area contributed by atoms with Gasteiger partial charge in [0, 0.05) is 24.0 Å². The van der Waals surface area contributed by atoms with Crippen molar-refractivity contribution in [3.63, 3.8) is 0 Å². The van der Waals surface area contributed by atoms with Gasteiger partial charge in [-0.2, -0.15) is 26.3 Å². The third kappa shape index (κ3) is 4.71. The molecule has 0 aromatic heterocycles. The molecule has 0 aliphatic rings. The average Bonchev–Trinajstić information content (AvgIpc) is 2.58. The molecular formula is C18H12F6O2. The number of hydrogen-bond acceptors (Lipinski definition) is 2. The van der Waals surface area contributed by atoms with Gasteiger partial charge in [-0.3, -0.25) is 9.59 Å². The van der Waals surface area contributed by atoms with Gasteiger partial charge in [0.2, 0.25) is 0 Å². The lowest BCUT2D eigenvalue weighted by Crippen LogP contribution is -2.16. The molecule has 0 heterocycles. The monoisotopic (exact) mass is 374 g/mol. The van der Waals surface area contributed by atoms with E-state index in [4.69, 9.17) is 0 Å². The van der Waals surface area contributed by atoms with Crippen molar-refractivity contribution in [3.8, 4) is 0 Å². The van der Waals surface area contributed by atoms with Gasteiger partial charge in [0.05, 0.1) is 11.1 Å². The van der Waals surface area contributed by atoms with Crippen LogP contribution in [0.15, 0.2) is 48.5 Å². The van der Waals surface area contributed by atoms with Crippen molar-refractivity contribution in [2.75, 3.05) is 0 Å². The van der Waals surface area contributed by atoms with Gasteiger partial charge in [-0.15, -0.1) is 0 Å². The van der Waals surface area contributed by atoms with Crippen molar-refractivity contribution < 1.29 is 35.9 Å². The van der Waals surface area contributed by atoms with Crippen LogP contribution in [-0.4, -0.2) is 11.6 Å². The van der Waals surface area contributed by atoms with Gasteiger partial charge in [-0.25, -0.2) is 0 Å². The quantitative estimate of drug-likeness (QED) is 0.507. The van der Waals surface area contributed by atoms with Crippen LogP contribution in [0.5, 0.6) is 0 Å². The molecule has 0 radical (unpaired) electrons. The van der Waals surface area contributed by atoms with Crippen molar-refractivity contribution in [1.82, 2.24) is 0 Å². The zero-order chi connectivity index (χ0) is 19.5. The number of ketones is 2. The highest BCUT2D eigenvalue weighted by atomic mass is 19.4. The summed E-state index contributed by atoms with van der Waals surface area (Å²) < 4.78 is 77.1. The van der Waals surface area contributed by atoms with Gasteiger partial charge in [0.25, 0.3) is 0 Å². The van der Waals surface area contributed by atoms with E-state index in [0.717, 1.165) is 0 Å². The first-order chi connectivity index (χ1) is 12.0. The molecule has 2 rings (SSSR count). The number of carbonyl (C=O) groups excluding carboxylic acids is 2. The summed E-state index contributed by atoms with van der Waals surface area (Å²) in [7, 11) is 0. The van der Waals surface area contributed by atoms with Crippen molar-refractivity contribution in [3.05, 3.63) is 70.8 Å². The maximum Gasteiger partial charge on any atom is 0.417 e. The van der Waals surface area contributed by atoms with Crippen LogP contribution in [0.3, 0.4) is 0 Å². The number of benzene rings is 2. The van der Waals surface area contributed by atoms with Crippen LogP contribution < -0.4 is 0 Å². The van der Waals surface area contributed by atoms with E-state index in [1.54, 1.807) is 18.2 Å². The first-order valence-electron chi connectivity index (χ1n) is 7.40. The summed E-state index contributed by atoms with van der Waals surface area (Å²) in [5.74, 6) is -1.49. The number of rotatable bonds is 5. The molecule has 8 heteroatoms. The van der Waals surface area contributed by atoms with Crippen molar-refractivity contribution in [2.24, 2.45) is 0 Å². The highest BCUT2D eigenvalue weighted by Crippen LogP contribution is 2.37. The largest absolute Gasteiger partial charge is 0.417 e. The fourth-order valence-corrected chi connectivity index (χ4v) is 2.33. The molecular weight excluding hydrogens is 362 g/mol. The molecule has 0 spiro atoms. The summed E-state index contributed by atoms with van der Waals surface area (Å²) in [6, 6.07) is 8.66. The molecule has 2 aromatic rings. The molecule has 0 bridgehead atoms. The van der Waals surface area contributed by atoms with Gasteiger partial charge in [0.1, 0.15) is 0 Å². The second-order valence-corrected chi connectivity index (χ2v) is 5.47. The summed E-state index contributed by atoms with van der Waals surface area (Å²) in [5, 5.41) is 0. The molecule has 0 atom stereocenters. The predicted octanol–water partition coefficient (Wildman–Crippen LogP) is 5.57. The Kier molecular flexibility index (Phi) is 5.53. The van der Waals surface area contributed by atoms with E-state index in [1.165, 1.54) is 12.1 Å². The van der Waals surface area contributed by atoms with Crippen LogP contribution in [0.2, 0.25) is 0 Å². The first kappa shape index (κ1) is 19.7. The van der Waals surface area contributed by atoms with Crippen LogP contribution in [0.25, 0.3) is 0 Å². The normalized spacial score (nSPS) is 12.1. The topological polar surface area (TPSA) is 34.1 Å². The van der Waals surface area contributed by atoms with Gasteiger partial charge in [-0.05, 0) is 12.1 Å². The molecule has 0 amide bonds. The summed E-state index contributed by atoms with van der Waals surface area (Å²) in [6.45, 7) is 0. The van der Waals surface area contributed by atoms with Crippen LogP contribution in [0.4, 0.5) is 26.3 Å². The minimum Gasteiger partial charge on any atom is -0.294 e. The molecule has 138 valence electrons. The number of carbonyl (C=O) groups is 2. The third-order valence-electron chi connectivity index (χ3n) is 3.63. The second kappa shape index (κ2) is 7.31. The zero-order valence-electron chi connectivity index (χ0n) is 13.1. The molecule has 0 aliphatic heterocycles. The fourth-order valence-electron chi connectivity index (χ4n) is 2.33. The number of alkyl halides is 6. The van der Waals surface area contributed by atoms with E-state index in [-0.39, 0.29) is 12.5 Å². The van der Waals surface area contributed by atoms with Crippen molar-refractivity contribution in [1.29, 1.82) is 0 Å². The first-order valence-corrected chi connectivity index (χ1v) is 7.40. The molecule has 0 saturated carbocycles. The molecule has 0 unspecified atom stereocenters. The maximum atomic E-state index is 13.1. The summed E-state index contributed by atoms with van der Waals surface area (Å²) in [6.07, 6.45) is -11.0. The van der Waals surface area contributed by atoms with Crippen LogP contribution >= 0.6 is 0 Å². The van der Waals surface area contributed by atoms with Gasteiger partial charge in [0.15, 0.2) is 11.6 Å². The summed E-state index contributed by atoms with van der Waals surface area (Å²) in [4.78, 5) is 24.0. The van der Waals surface area contributed by atoms with E-state index >= 15 is 0 Å². The third-order valence-corrected chi connectivity index (χ3v) is 3.63. The van der Waals surface area contributed by atoms with Crippen LogP contribution in [-0.2, 0) is 12.4 Å². The standard InChI is InChI=1S/C18H12F6O2/c19-17(20,21)12-6-7-13(14(10-12)18(22,23)24)16(26)9-8-15(25)11-4-2-1-3-5-11/h1-7,10H,8-9H2. The lowest BCUT2D eigenvalue weighted by atomic mass is 9.96. The molecule has 0 fully saturated rings. The lowest BCUT2D eigenvalue weighted by Gasteiger charge is -2.15. The number of hydrogen-bond donors (Lipinski definition) is 0. The Hall–Kier alpha value is -2.64. The lowest BCUT2D eigenvalue weighted by molar-refractivity contribution is -0.143. The van der Waals surface area contributed by atoms with E-state index in [1.807, 2.05) is 0 Å². The Morgan fingerprint density at radius 1 is 0.731 bits per heavy atom. The second-order valence-electron chi connectivity index (χ2n) is 5.47. The van der Waals surface area contributed by atoms with Crippen LogP contribution in [0.1, 0.15) is 44.7 Å². The zero-order valence-corrected chi connectivity index (χ0v) is 13.1. The Morgan fingerprint density at radius 3 is 1.85 bits per heavy atom.